The summed E-state index contributed by atoms with van der Waals surface area (Å²) >= 11 is 0. The highest BCUT2D eigenvalue weighted by Crippen LogP contribution is 2.50. The number of amides is 1. The third-order valence-electron chi connectivity index (χ3n) is 5.41. The molecule has 7 heteroatoms. The molecule has 2 aliphatic rings. The molecular formula is C16H21N5O2. The molecule has 0 unspecified atom stereocenters. The second kappa shape index (κ2) is 5.18. The van der Waals surface area contributed by atoms with Gasteiger partial charge < -0.3 is 9.42 Å². The minimum Gasteiger partial charge on any atom is -0.339 e. The number of carbonyl (C=O) groups excluding carboxylic acids is 1. The maximum absolute atomic E-state index is 12.9. The number of aromatic nitrogens is 4. The van der Waals surface area contributed by atoms with Crippen LogP contribution >= 0.6 is 0 Å². The molecule has 1 N–H and O–H groups in total. The maximum Gasteiger partial charge on any atom is 0.257 e. The monoisotopic (exact) mass is 315 g/mol. The first-order chi connectivity index (χ1) is 11.1. The van der Waals surface area contributed by atoms with Gasteiger partial charge in [-0.1, -0.05) is 18.5 Å². The fraction of sp³-hybridized carbons (Fsp3) is 0.625. The number of aryl methyl sites for hydroxylation is 2. The Morgan fingerprint density at radius 1 is 1.57 bits per heavy atom. The number of likely N-dealkylation sites (tertiary alicyclic amines) is 1. The quantitative estimate of drug-likeness (QED) is 0.934. The average molecular weight is 315 g/mol. The first kappa shape index (κ1) is 14.4. The van der Waals surface area contributed by atoms with E-state index in [4.69, 9.17) is 4.52 Å². The highest BCUT2D eigenvalue weighted by Gasteiger charge is 2.55. The van der Waals surface area contributed by atoms with Gasteiger partial charge >= 0.3 is 0 Å². The Labute approximate surface area is 134 Å². The average Bonchev–Trinajstić information content (AvgIpc) is 3.28. The fourth-order valence-corrected chi connectivity index (χ4v) is 4.23. The summed E-state index contributed by atoms with van der Waals surface area (Å²) in [4.78, 5) is 19.3. The largest absolute Gasteiger partial charge is 0.339 e. The molecule has 0 bridgehead atoms. The molecule has 2 aromatic heterocycles. The molecule has 2 fully saturated rings. The molecule has 1 aliphatic carbocycles. The normalized spacial score (nSPS) is 26.7. The van der Waals surface area contributed by atoms with Gasteiger partial charge in [-0.2, -0.15) is 10.1 Å². The van der Waals surface area contributed by atoms with Gasteiger partial charge in [0.15, 0.2) is 5.82 Å². The van der Waals surface area contributed by atoms with Gasteiger partial charge in [0, 0.05) is 18.8 Å². The van der Waals surface area contributed by atoms with Crippen LogP contribution in [0.15, 0.2) is 10.7 Å². The highest BCUT2D eigenvalue weighted by atomic mass is 16.5. The molecule has 1 amide bonds. The minimum absolute atomic E-state index is 0.0561. The van der Waals surface area contributed by atoms with Gasteiger partial charge in [0.25, 0.3) is 5.91 Å². The highest BCUT2D eigenvalue weighted by molar-refractivity contribution is 5.95. The molecule has 2 aromatic rings. The van der Waals surface area contributed by atoms with E-state index in [1.165, 1.54) is 0 Å². The number of carbonyl (C=O) groups is 1. The first-order valence-electron chi connectivity index (χ1n) is 8.26. The molecule has 1 saturated heterocycles. The van der Waals surface area contributed by atoms with Crippen LogP contribution in [0.25, 0.3) is 0 Å². The van der Waals surface area contributed by atoms with Crippen LogP contribution in [-0.2, 0) is 11.8 Å². The molecule has 2 atom stereocenters. The van der Waals surface area contributed by atoms with Crippen molar-refractivity contribution in [3.8, 4) is 0 Å². The molecule has 0 spiro atoms. The summed E-state index contributed by atoms with van der Waals surface area (Å²) in [5, 5.41) is 10.9. The molecule has 1 aliphatic heterocycles. The van der Waals surface area contributed by atoms with Crippen molar-refractivity contribution in [2.75, 3.05) is 13.1 Å². The Hall–Kier alpha value is -2.18. The van der Waals surface area contributed by atoms with Crippen molar-refractivity contribution >= 4 is 5.91 Å². The lowest BCUT2D eigenvalue weighted by Gasteiger charge is -2.24. The standard InChI is InChI=1S/C16H21N5O2/c1-3-13-12(7-17-19-13)14(22)21-8-11-5-4-6-16(11,9-21)15-18-10(2)20-23-15/h7,11H,3-6,8-9H2,1-2H3,(H,17,19)/t11-,16-/m0/s1. The lowest BCUT2D eigenvalue weighted by molar-refractivity contribution is 0.0774. The minimum atomic E-state index is -0.160. The Morgan fingerprint density at radius 3 is 3.17 bits per heavy atom. The summed E-state index contributed by atoms with van der Waals surface area (Å²) in [6, 6.07) is 0. The second-order valence-electron chi connectivity index (χ2n) is 6.69. The van der Waals surface area contributed by atoms with Gasteiger partial charge in [-0.15, -0.1) is 0 Å². The van der Waals surface area contributed by atoms with E-state index in [9.17, 15) is 4.79 Å². The van der Waals surface area contributed by atoms with Crippen LogP contribution in [0.4, 0.5) is 0 Å². The summed E-state index contributed by atoms with van der Waals surface area (Å²) in [6.07, 6.45) is 5.68. The SMILES string of the molecule is CCc1[nH]ncc1C(=O)N1C[C@@H]2CCC[C@]2(c2nc(C)no2)C1. The zero-order chi connectivity index (χ0) is 16.0. The lowest BCUT2D eigenvalue weighted by Crippen LogP contribution is -2.35. The van der Waals surface area contributed by atoms with Crippen molar-refractivity contribution < 1.29 is 9.32 Å². The number of nitrogens with one attached hydrogen (secondary N) is 1. The number of fused-ring (bicyclic) bond motifs is 1. The predicted molar refractivity (Wildman–Crippen MR) is 81.9 cm³/mol. The van der Waals surface area contributed by atoms with Crippen LogP contribution in [0.5, 0.6) is 0 Å². The maximum atomic E-state index is 12.9. The number of H-pyrrole nitrogens is 1. The molecule has 7 nitrogen and oxygen atoms in total. The second-order valence-corrected chi connectivity index (χ2v) is 6.69. The Kier molecular flexibility index (Phi) is 3.25. The molecular weight excluding hydrogens is 294 g/mol. The molecule has 4 rings (SSSR count). The Morgan fingerprint density at radius 2 is 2.43 bits per heavy atom. The first-order valence-corrected chi connectivity index (χ1v) is 8.26. The molecule has 1 saturated carbocycles. The van der Waals surface area contributed by atoms with E-state index in [1.807, 2.05) is 18.7 Å². The van der Waals surface area contributed by atoms with Gasteiger partial charge in [-0.25, -0.2) is 0 Å². The van der Waals surface area contributed by atoms with E-state index in [2.05, 4.69) is 20.3 Å². The molecule has 122 valence electrons. The third-order valence-corrected chi connectivity index (χ3v) is 5.41. The van der Waals surface area contributed by atoms with E-state index in [1.54, 1.807) is 6.20 Å². The van der Waals surface area contributed by atoms with Gasteiger partial charge in [0.1, 0.15) is 0 Å². The van der Waals surface area contributed by atoms with Crippen molar-refractivity contribution in [3.63, 3.8) is 0 Å². The number of aromatic amines is 1. The summed E-state index contributed by atoms with van der Waals surface area (Å²) < 4.78 is 5.50. The van der Waals surface area contributed by atoms with E-state index in [0.717, 1.165) is 37.9 Å². The molecule has 0 radical (unpaired) electrons. The number of nitrogens with zero attached hydrogens (tertiary/aromatic N) is 4. The van der Waals surface area contributed by atoms with Crippen LogP contribution in [0.1, 0.15) is 54.0 Å². The molecule has 3 heterocycles. The molecule has 0 aromatic carbocycles. The topological polar surface area (TPSA) is 87.9 Å². The summed E-state index contributed by atoms with van der Waals surface area (Å²) in [5.74, 6) is 1.83. The number of hydrogen-bond donors (Lipinski definition) is 1. The molecule has 23 heavy (non-hydrogen) atoms. The van der Waals surface area contributed by atoms with Gasteiger partial charge in [-0.05, 0) is 32.1 Å². The summed E-state index contributed by atoms with van der Waals surface area (Å²) in [5.41, 5.74) is 1.42. The van der Waals surface area contributed by atoms with E-state index >= 15 is 0 Å². The smallest absolute Gasteiger partial charge is 0.257 e. The van der Waals surface area contributed by atoms with Crippen LogP contribution in [0, 0.1) is 12.8 Å². The van der Waals surface area contributed by atoms with Gasteiger partial charge in [-0.3, -0.25) is 9.89 Å². The van der Waals surface area contributed by atoms with E-state index in [0.29, 0.717) is 29.7 Å². The van der Waals surface area contributed by atoms with E-state index < -0.39 is 0 Å². The van der Waals surface area contributed by atoms with Gasteiger partial charge in [0.05, 0.1) is 17.2 Å². The van der Waals surface area contributed by atoms with Crippen molar-refractivity contribution in [3.05, 3.63) is 29.2 Å². The summed E-state index contributed by atoms with van der Waals surface area (Å²) in [6.45, 7) is 5.28. The lowest BCUT2D eigenvalue weighted by atomic mass is 9.80. The van der Waals surface area contributed by atoms with Crippen LogP contribution < -0.4 is 0 Å². The van der Waals surface area contributed by atoms with Crippen LogP contribution in [-0.4, -0.2) is 44.2 Å². The zero-order valence-electron chi connectivity index (χ0n) is 13.5. The number of hydrogen-bond acceptors (Lipinski definition) is 5. The van der Waals surface area contributed by atoms with Crippen LogP contribution in [0.3, 0.4) is 0 Å². The van der Waals surface area contributed by atoms with Crippen molar-refractivity contribution in [1.29, 1.82) is 0 Å². The summed E-state index contributed by atoms with van der Waals surface area (Å²) in [7, 11) is 0. The van der Waals surface area contributed by atoms with E-state index in [-0.39, 0.29) is 11.3 Å². The fourth-order valence-electron chi connectivity index (χ4n) is 4.23. The van der Waals surface area contributed by atoms with Crippen LogP contribution in [0.2, 0.25) is 0 Å². The van der Waals surface area contributed by atoms with Crippen molar-refractivity contribution in [1.82, 2.24) is 25.2 Å². The van der Waals surface area contributed by atoms with Crippen molar-refractivity contribution in [2.45, 2.75) is 44.9 Å². The van der Waals surface area contributed by atoms with Gasteiger partial charge in [0.2, 0.25) is 5.89 Å². The Bertz CT molecular complexity index is 736. The predicted octanol–water partition coefficient (Wildman–Crippen LogP) is 1.86. The number of rotatable bonds is 3. The Balaban J connectivity index is 1.63. The third kappa shape index (κ3) is 2.09. The zero-order valence-corrected chi connectivity index (χ0v) is 13.5. The van der Waals surface area contributed by atoms with Crippen molar-refractivity contribution in [2.24, 2.45) is 5.92 Å².